The first kappa shape index (κ1) is 10.9. The van der Waals surface area contributed by atoms with Crippen LogP contribution < -0.4 is 0 Å². The van der Waals surface area contributed by atoms with Crippen LogP contribution in [0.2, 0.25) is 0 Å². The van der Waals surface area contributed by atoms with Crippen molar-refractivity contribution in [2.24, 2.45) is 0 Å². The molecule has 0 spiro atoms. The number of rotatable bonds is 5. The minimum Gasteiger partial charge on any atom is -0.464 e. The lowest BCUT2D eigenvalue weighted by Gasteiger charge is -1.93. The molecular formula is C10H9NO4. The molecule has 15 heavy (non-hydrogen) atoms. The van der Waals surface area contributed by atoms with E-state index in [1.807, 2.05) is 0 Å². The lowest BCUT2D eigenvalue weighted by molar-refractivity contribution is -0.384. The molecule has 0 aliphatic rings. The van der Waals surface area contributed by atoms with E-state index in [1.54, 1.807) is 24.3 Å². The van der Waals surface area contributed by atoms with Crippen LogP contribution in [0.3, 0.4) is 0 Å². The number of nitrogens with zero attached hydrogens (tertiary/aromatic N) is 1. The minimum absolute atomic E-state index is 0.0521. The van der Waals surface area contributed by atoms with E-state index in [0.717, 1.165) is 5.56 Å². The van der Waals surface area contributed by atoms with E-state index in [4.69, 9.17) is 0 Å². The minimum atomic E-state index is -0.455. The average molecular weight is 207 g/mol. The van der Waals surface area contributed by atoms with Gasteiger partial charge in [0.25, 0.3) is 12.2 Å². The van der Waals surface area contributed by atoms with Crippen molar-refractivity contribution in [3.05, 3.63) is 46.0 Å². The van der Waals surface area contributed by atoms with Crippen molar-refractivity contribution in [1.82, 2.24) is 0 Å². The molecule has 0 fully saturated rings. The van der Waals surface area contributed by atoms with Crippen molar-refractivity contribution in [3.8, 4) is 0 Å². The topological polar surface area (TPSA) is 69.4 Å². The van der Waals surface area contributed by atoms with E-state index in [2.05, 4.69) is 4.74 Å². The van der Waals surface area contributed by atoms with Crippen LogP contribution in [0.1, 0.15) is 5.56 Å². The van der Waals surface area contributed by atoms with Crippen LogP contribution in [0.25, 0.3) is 6.08 Å². The zero-order valence-corrected chi connectivity index (χ0v) is 7.83. The SMILES string of the molecule is O=COC/C=C/c1ccc([N+](=O)[O-])cc1. The summed E-state index contributed by atoms with van der Waals surface area (Å²) in [7, 11) is 0. The summed E-state index contributed by atoms with van der Waals surface area (Å²) in [6.07, 6.45) is 3.36. The van der Waals surface area contributed by atoms with Crippen molar-refractivity contribution < 1.29 is 14.5 Å². The lowest BCUT2D eigenvalue weighted by Crippen LogP contribution is -1.87. The first-order valence-electron chi connectivity index (χ1n) is 4.20. The molecule has 1 rings (SSSR count). The summed E-state index contributed by atoms with van der Waals surface area (Å²) in [5, 5.41) is 10.3. The molecule has 0 saturated carbocycles. The summed E-state index contributed by atoms with van der Waals surface area (Å²) in [4.78, 5) is 19.7. The van der Waals surface area contributed by atoms with Crippen molar-refractivity contribution in [3.63, 3.8) is 0 Å². The van der Waals surface area contributed by atoms with Gasteiger partial charge in [-0.25, -0.2) is 0 Å². The van der Waals surface area contributed by atoms with Gasteiger partial charge in [-0.05, 0) is 23.8 Å². The number of hydrogen-bond donors (Lipinski definition) is 0. The predicted octanol–water partition coefficient (Wildman–Crippen LogP) is 1.78. The summed E-state index contributed by atoms with van der Waals surface area (Å²) in [5.41, 5.74) is 0.867. The van der Waals surface area contributed by atoms with Gasteiger partial charge in [0.1, 0.15) is 6.61 Å². The van der Waals surface area contributed by atoms with Crippen molar-refractivity contribution in [2.75, 3.05) is 6.61 Å². The standard InChI is InChI=1S/C10H9NO4/c12-8-15-7-1-2-9-3-5-10(6-4-9)11(13)14/h1-6,8H,7H2/b2-1+. The normalized spacial score (nSPS) is 10.1. The number of non-ortho nitro benzene ring substituents is 1. The molecule has 0 amide bonds. The molecule has 0 N–H and O–H groups in total. The third-order valence-corrected chi connectivity index (χ3v) is 1.67. The summed E-state index contributed by atoms with van der Waals surface area (Å²) in [6.45, 7) is 0.556. The molecule has 0 bridgehead atoms. The highest BCUT2D eigenvalue weighted by molar-refractivity contribution is 5.52. The van der Waals surface area contributed by atoms with Crippen LogP contribution >= 0.6 is 0 Å². The maximum atomic E-state index is 10.3. The van der Waals surface area contributed by atoms with E-state index in [1.165, 1.54) is 12.1 Å². The quantitative estimate of drug-likeness (QED) is 0.319. The van der Waals surface area contributed by atoms with E-state index in [0.29, 0.717) is 6.47 Å². The van der Waals surface area contributed by atoms with Gasteiger partial charge in [-0.3, -0.25) is 14.9 Å². The smallest absolute Gasteiger partial charge is 0.293 e. The summed E-state index contributed by atoms with van der Waals surface area (Å²) in [6, 6.07) is 6.07. The monoisotopic (exact) mass is 207 g/mol. The Morgan fingerprint density at radius 1 is 1.33 bits per heavy atom. The molecule has 0 unspecified atom stereocenters. The number of hydrogen-bond acceptors (Lipinski definition) is 4. The lowest BCUT2D eigenvalue weighted by atomic mass is 10.2. The highest BCUT2D eigenvalue weighted by atomic mass is 16.6. The van der Waals surface area contributed by atoms with Gasteiger partial charge in [0.15, 0.2) is 0 Å². The van der Waals surface area contributed by atoms with E-state index >= 15 is 0 Å². The van der Waals surface area contributed by atoms with Gasteiger partial charge >= 0.3 is 0 Å². The van der Waals surface area contributed by atoms with Crippen LogP contribution in [0.5, 0.6) is 0 Å². The molecule has 1 aromatic carbocycles. The molecule has 0 aromatic heterocycles. The zero-order chi connectivity index (χ0) is 11.1. The first-order chi connectivity index (χ1) is 7.24. The van der Waals surface area contributed by atoms with Gasteiger partial charge in [-0.2, -0.15) is 0 Å². The molecule has 0 saturated heterocycles. The van der Waals surface area contributed by atoms with Crippen molar-refractivity contribution >= 4 is 18.2 Å². The zero-order valence-electron chi connectivity index (χ0n) is 7.83. The molecule has 78 valence electrons. The Labute approximate surface area is 86.1 Å². The molecule has 0 aliphatic carbocycles. The fraction of sp³-hybridized carbons (Fsp3) is 0.100. The van der Waals surface area contributed by atoms with Gasteiger partial charge in [0, 0.05) is 12.1 Å². The van der Waals surface area contributed by atoms with Crippen LogP contribution in [0.15, 0.2) is 30.3 Å². The van der Waals surface area contributed by atoms with Gasteiger partial charge in [0.2, 0.25) is 0 Å². The molecule has 0 aliphatic heterocycles. The number of benzene rings is 1. The molecule has 0 atom stereocenters. The second-order valence-electron chi connectivity index (χ2n) is 2.68. The Balaban J connectivity index is 2.60. The second kappa shape index (κ2) is 5.54. The Bertz CT molecular complexity index is 370. The fourth-order valence-electron chi connectivity index (χ4n) is 0.986. The maximum absolute atomic E-state index is 10.3. The van der Waals surface area contributed by atoms with E-state index in [-0.39, 0.29) is 12.3 Å². The molecule has 1 aromatic rings. The maximum Gasteiger partial charge on any atom is 0.293 e. The molecule has 0 heterocycles. The summed E-state index contributed by atoms with van der Waals surface area (Å²) < 4.78 is 4.44. The van der Waals surface area contributed by atoms with Gasteiger partial charge < -0.3 is 4.74 Å². The van der Waals surface area contributed by atoms with Crippen LogP contribution in [0.4, 0.5) is 5.69 Å². The fourth-order valence-corrected chi connectivity index (χ4v) is 0.986. The number of nitro groups is 1. The van der Waals surface area contributed by atoms with E-state index < -0.39 is 4.92 Å². The number of nitro benzene ring substituents is 1. The molecule has 5 nitrogen and oxygen atoms in total. The van der Waals surface area contributed by atoms with Gasteiger partial charge in [-0.1, -0.05) is 6.08 Å². The number of carbonyl (C=O) groups is 1. The van der Waals surface area contributed by atoms with Crippen LogP contribution in [-0.4, -0.2) is 18.0 Å². The largest absolute Gasteiger partial charge is 0.464 e. The Hall–Kier alpha value is -2.17. The van der Waals surface area contributed by atoms with Gasteiger partial charge in [-0.15, -0.1) is 0 Å². The highest BCUT2D eigenvalue weighted by Crippen LogP contribution is 2.12. The Kier molecular flexibility index (Phi) is 4.03. The summed E-state index contributed by atoms with van der Waals surface area (Å²) >= 11 is 0. The van der Waals surface area contributed by atoms with Crippen molar-refractivity contribution in [1.29, 1.82) is 0 Å². The van der Waals surface area contributed by atoms with E-state index in [9.17, 15) is 14.9 Å². The van der Waals surface area contributed by atoms with Gasteiger partial charge in [0.05, 0.1) is 4.92 Å². The van der Waals surface area contributed by atoms with Crippen LogP contribution in [-0.2, 0) is 9.53 Å². The summed E-state index contributed by atoms with van der Waals surface area (Å²) in [5.74, 6) is 0. The molecule has 5 heteroatoms. The number of ether oxygens (including phenoxy) is 1. The Morgan fingerprint density at radius 3 is 2.53 bits per heavy atom. The van der Waals surface area contributed by atoms with Crippen LogP contribution in [0, 0.1) is 10.1 Å². The number of carbonyl (C=O) groups excluding carboxylic acids is 1. The third-order valence-electron chi connectivity index (χ3n) is 1.67. The second-order valence-corrected chi connectivity index (χ2v) is 2.68. The predicted molar refractivity (Wildman–Crippen MR) is 54.1 cm³/mol. The first-order valence-corrected chi connectivity index (χ1v) is 4.20. The molecular weight excluding hydrogens is 198 g/mol. The average Bonchev–Trinajstić information content (AvgIpc) is 2.25. The molecule has 0 radical (unpaired) electrons. The highest BCUT2D eigenvalue weighted by Gasteiger charge is 2.01. The van der Waals surface area contributed by atoms with Crippen molar-refractivity contribution in [2.45, 2.75) is 0 Å². The third kappa shape index (κ3) is 3.60. The Morgan fingerprint density at radius 2 is 2.00 bits per heavy atom.